The van der Waals surface area contributed by atoms with E-state index in [1.54, 1.807) is 6.07 Å². The van der Waals surface area contributed by atoms with Gasteiger partial charge in [0.05, 0.1) is 25.0 Å². The Bertz CT molecular complexity index is 406. The number of aliphatic hydroxyl groups is 1. The predicted octanol–water partition coefficient (Wildman–Crippen LogP) is 1.26. The molecule has 0 aliphatic carbocycles. The molecule has 0 unspecified atom stereocenters. The van der Waals surface area contributed by atoms with Crippen molar-refractivity contribution in [2.45, 2.75) is 25.5 Å². The predicted molar refractivity (Wildman–Crippen MR) is 72.6 cm³/mol. The second-order valence-corrected chi connectivity index (χ2v) is 4.77. The average molecular weight is 268 g/mol. The van der Waals surface area contributed by atoms with Crippen LogP contribution in [0.3, 0.4) is 0 Å². The van der Waals surface area contributed by atoms with Crippen LogP contribution < -0.4 is 10.6 Å². The van der Waals surface area contributed by atoms with Gasteiger partial charge >= 0.3 is 0 Å². The molecule has 3 N–H and O–H groups in total. The van der Waals surface area contributed by atoms with Crippen LogP contribution in [0.25, 0.3) is 0 Å². The van der Waals surface area contributed by atoms with Crippen molar-refractivity contribution in [3.63, 3.8) is 0 Å². The normalized spacial score (nSPS) is 16.9. The monoisotopic (exact) mass is 268 g/mol. The highest BCUT2D eigenvalue weighted by Gasteiger charge is 2.21. The molecule has 1 aliphatic rings. The van der Waals surface area contributed by atoms with Gasteiger partial charge in [0, 0.05) is 19.6 Å². The van der Waals surface area contributed by atoms with E-state index in [9.17, 15) is 4.39 Å². The number of nitrogens with zero attached hydrogens (tertiary/aromatic N) is 1. The van der Waals surface area contributed by atoms with Crippen LogP contribution in [-0.4, -0.2) is 37.5 Å². The Hall–Kier alpha value is -1.17. The highest BCUT2D eigenvalue weighted by molar-refractivity contribution is 5.49. The van der Waals surface area contributed by atoms with Crippen molar-refractivity contribution >= 4 is 5.69 Å². The van der Waals surface area contributed by atoms with Crippen molar-refractivity contribution < 1.29 is 14.2 Å². The zero-order chi connectivity index (χ0) is 13.7. The van der Waals surface area contributed by atoms with Gasteiger partial charge in [-0.05, 0) is 30.5 Å². The Labute approximate surface area is 113 Å². The quantitative estimate of drug-likeness (QED) is 0.844. The summed E-state index contributed by atoms with van der Waals surface area (Å²) in [4.78, 5) is 2.04. The van der Waals surface area contributed by atoms with Gasteiger partial charge < -0.3 is 20.5 Å². The Kier molecular flexibility index (Phi) is 5.13. The minimum absolute atomic E-state index is 0.0510. The molecule has 0 saturated carbocycles. The molecule has 1 aliphatic heterocycles. The second-order valence-electron chi connectivity index (χ2n) is 4.77. The fourth-order valence-corrected chi connectivity index (χ4v) is 2.42. The highest BCUT2D eigenvalue weighted by atomic mass is 19.1. The van der Waals surface area contributed by atoms with Gasteiger partial charge in [-0.2, -0.15) is 0 Å². The minimum atomic E-state index is -0.210. The van der Waals surface area contributed by atoms with Gasteiger partial charge in [-0.3, -0.25) is 0 Å². The molecule has 1 aromatic carbocycles. The molecule has 0 radical (unpaired) electrons. The number of halogens is 1. The molecule has 19 heavy (non-hydrogen) atoms. The summed E-state index contributed by atoms with van der Waals surface area (Å²) in [6, 6.07) is 5.17. The topological polar surface area (TPSA) is 58.7 Å². The van der Waals surface area contributed by atoms with E-state index in [0.717, 1.165) is 31.5 Å². The van der Waals surface area contributed by atoms with Crippen LogP contribution in [0.2, 0.25) is 0 Å². The molecule has 1 fully saturated rings. The Morgan fingerprint density at radius 2 is 2.11 bits per heavy atom. The molecule has 2 rings (SSSR count). The summed E-state index contributed by atoms with van der Waals surface area (Å²) in [6.07, 6.45) is 1.89. The van der Waals surface area contributed by atoms with E-state index in [-0.39, 0.29) is 18.5 Å². The van der Waals surface area contributed by atoms with Gasteiger partial charge in [-0.15, -0.1) is 0 Å². The number of anilines is 1. The van der Waals surface area contributed by atoms with Crippen molar-refractivity contribution in [3.8, 4) is 0 Å². The molecule has 5 heteroatoms. The van der Waals surface area contributed by atoms with Crippen LogP contribution in [0, 0.1) is 5.82 Å². The molecule has 0 aromatic heterocycles. The molecule has 106 valence electrons. The van der Waals surface area contributed by atoms with Crippen molar-refractivity contribution in [1.29, 1.82) is 0 Å². The van der Waals surface area contributed by atoms with Crippen molar-refractivity contribution in [2.75, 3.05) is 31.2 Å². The van der Waals surface area contributed by atoms with E-state index >= 15 is 0 Å². The molecule has 4 nitrogen and oxygen atoms in total. The van der Waals surface area contributed by atoms with E-state index in [1.165, 1.54) is 6.07 Å². The number of piperidine rings is 1. The van der Waals surface area contributed by atoms with Crippen LogP contribution in [0.15, 0.2) is 18.2 Å². The third-order valence-electron chi connectivity index (χ3n) is 3.48. The van der Waals surface area contributed by atoms with E-state index in [1.807, 2.05) is 11.0 Å². The number of hydrogen-bond acceptors (Lipinski definition) is 4. The van der Waals surface area contributed by atoms with Gasteiger partial charge in [0.2, 0.25) is 0 Å². The van der Waals surface area contributed by atoms with Crippen LogP contribution in [0.5, 0.6) is 0 Å². The van der Waals surface area contributed by atoms with Crippen LogP contribution in [-0.2, 0) is 11.3 Å². The largest absolute Gasteiger partial charge is 0.394 e. The average Bonchev–Trinajstić information content (AvgIpc) is 2.45. The Morgan fingerprint density at radius 1 is 1.37 bits per heavy atom. The van der Waals surface area contributed by atoms with Gasteiger partial charge in [0.25, 0.3) is 0 Å². The molecule has 0 atom stereocenters. The molecule has 0 amide bonds. The standard InChI is InChI=1S/C14H21FN2O2/c15-13-9-11(10-16)1-2-14(13)17-5-3-12(4-6-17)19-8-7-18/h1-2,9,12,18H,3-8,10,16H2. The lowest BCUT2D eigenvalue weighted by Crippen LogP contribution is -2.37. The molecule has 0 bridgehead atoms. The highest BCUT2D eigenvalue weighted by Crippen LogP contribution is 2.25. The summed E-state index contributed by atoms with van der Waals surface area (Å²) in [5.74, 6) is -0.210. The second kappa shape index (κ2) is 6.84. The first-order chi connectivity index (χ1) is 9.24. The SMILES string of the molecule is NCc1ccc(N2CCC(OCCO)CC2)c(F)c1. The maximum Gasteiger partial charge on any atom is 0.146 e. The number of rotatable bonds is 5. The lowest BCUT2D eigenvalue weighted by molar-refractivity contribution is 0.0158. The first kappa shape index (κ1) is 14.2. The maximum atomic E-state index is 14.0. The third kappa shape index (κ3) is 3.65. The molecule has 0 spiro atoms. The maximum absolute atomic E-state index is 14.0. The lowest BCUT2D eigenvalue weighted by atomic mass is 10.1. The smallest absolute Gasteiger partial charge is 0.146 e. The number of hydrogen-bond donors (Lipinski definition) is 2. The van der Waals surface area contributed by atoms with E-state index in [2.05, 4.69) is 0 Å². The van der Waals surface area contributed by atoms with Crippen LogP contribution >= 0.6 is 0 Å². The molecule has 1 aromatic rings. The molecular weight excluding hydrogens is 247 g/mol. The Balaban J connectivity index is 1.94. The van der Waals surface area contributed by atoms with Crippen molar-refractivity contribution in [1.82, 2.24) is 0 Å². The number of aliphatic hydroxyl groups excluding tert-OH is 1. The summed E-state index contributed by atoms with van der Waals surface area (Å²) in [7, 11) is 0. The first-order valence-electron chi connectivity index (χ1n) is 6.70. The minimum Gasteiger partial charge on any atom is -0.394 e. The van der Waals surface area contributed by atoms with E-state index in [4.69, 9.17) is 15.6 Å². The summed E-state index contributed by atoms with van der Waals surface area (Å²) >= 11 is 0. The first-order valence-corrected chi connectivity index (χ1v) is 6.70. The van der Waals surface area contributed by atoms with Gasteiger partial charge in [0.1, 0.15) is 5.82 Å². The van der Waals surface area contributed by atoms with Crippen LogP contribution in [0.1, 0.15) is 18.4 Å². The van der Waals surface area contributed by atoms with Gasteiger partial charge in [0.15, 0.2) is 0 Å². The molecule has 1 saturated heterocycles. The Morgan fingerprint density at radius 3 is 2.68 bits per heavy atom. The molecular formula is C14H21FN2O2. The molecule has 1 heterocycles. The van der Waals surface area contributed by atoms with Crippen LogP contribution in [0.4, 0.5) is 10.1 Å². The van der Waals surface area contributed by atoms with E-state index < -0.39 is 0 Å². The van der Waals surface area contributed by atoms with Crippen molar-refractivity contribution in [2.24, 2.45) is 5.73 Å². The van der Waals surface area contributed by atoms with Gasteiger partial charge in [-0.1, -0.05) is 6.07 Å². The van der Waals surface area contributed by atoms with E-state index in [0.29, 0.717) is 18.8 Å². The van der Waals surface area contributed by atoms with Gasteiger partial charge in [-0.25, -0.2) is 4.39 Å². The number of nitrogens with two attached hydrogens (primary N) is 1. The van der Waals surface area contributed by atoms with Crippen molar-refractivity contribution in [3.05, 3.63) is 29.6 Å². The number of benzene rings is 1. The lowest BCUT2D eigenvalue weighted by Gasteiger charge is -2.33. The summed E-state index contributed by atoms with van der Waals surface area (Å²) in [6.45, 7) is 2.33. The summed E-state index contributed by atoms with van der Waals surface area (Å²) < 4.78 is 19.5. The third-order valence-corrected chi connectivity index (χ3v) is 3.48. The summed E-state index contributed by atoms with van der Waals surface area (Å²) in [5, 5.41) is 8.72. The fourth-order valence-electron chi connectivity index (χ4n) is 2.42. The fraction of sp³-hybridized carbons (Fsp3) is 0.571. The zero-order valence-corrected chi connectivity index (χ0v) is 11.0. The number of ether oxygens (including phenoxy) is 1. The zero-order valence-electron chi connectivity index (χ0n) is 11.0. The summed E-state index contributed by atoms with van der Waals surface area (Å²) in [5.41, 5.74) is 6.94.